The molecule has 0 saturated carbocycles. The molecule has 142 valence electrons. The van der Waals surface area contributed by atoms with Gasteiger partial charge in [0.1, 0.15) is 31.5 Å². The second-order valence-corrected chi connectivity index (χ2v) is 7.15. The van der Waals surface area contributed by atoms with Gasteiger partial charge in [0.15, 0.2) is 0 Å². The number of fused-ring (bicyclic) bond motifs is 1. The second-order valence-electron chi connectivity index (χ2n) is 7.15. The van der Waals surface area contributed by atoms with E-state index in [0.717, 1.165) is 55.4 Å². The summed E-state index contributed by atoms with van der Waals surface area (Å²) in [5.41, 5.74) is 3.40. The fourth-order valence-corrected chi connectivity index (χ4v) is 3.88. The summed E-state index contributed by atoms with van der Waals surface area (Å²) >= 11 is 0. The highest BCUT2D eigenvalue weighted by molar-refractivity contribution is 5.87. The topological polar surface area (TPSA) is 48.1 Å². The highest BCUT2D eigenvalue weighted by Crippen LogP contribution is 2.29. The van der Waals surface area contributed by atoms with Gasteiger partial charge < -0.3 is 24.0 Å². The van der Waals surface area contributed by atoms with E-state index in [4.69, 9.17) is 9.47 Å². The zero-order valence-electron chi connectivity index (χ0n) is 15.7. The molecule has 0 bridgehead atoms. The smallest absolute Gasteiger partial charge is 0.121 e. The van der Waals surface area contributed by atoms with Crippen molar-refractivity contribution in [2.75, 3.05) is 40.0 Å². The molecule has 0 amide bonds. The minimum Gasteiger partial charge on any atom is -0.497 e. The average molecular weight is 367 g/mol. The molecule has 1 aromatic heterocycles. The molecular weight excluding hydrogens is 340 g/mol. The Morgan fingerprint density at radius 2 is 1.85 bits per heavy atom. The van der Waals surface area contributed by atoms with E-state index in [2.05, 4.69) is 47.0 Å². The van der Waals surface area contributed by atoms with E-state index in [1.165, 1.54) is 10.3 Å². The molecule has 0 unspecified atom stereocenters. The number of quaternary nitrogens is 1. The zero-order valence-corrected chi connectivity index (χ0v) is 15.7. The molecule has 0 spiro atoms. The number of ether oxygens (including phenoxy) is 2. The fourth-order valence-electron chi connectivity index (χ4n) is 3.88. The van der Waals surface area contributed by atoms with Crippen molar-refractivity contribution in [1.82, 2.24) is 4.57 Å². The van der Waals surface area contributed by atoms with Gasteiger partial charge in [0.05, 0.1) is 26.9 Å². The van der Waals surface area contributed by atoms with E-state index in [0.29, 0.717) is 6.54 Å². The first kappa shape index (κ1) is 18.0. The van der Waals surface area contributed by atoms with Gasteiger partial charge in [-0.15, -0.1) is 0 Å². The third kappa shape index (κ3) is 4.00. The highest BCUT2D eigenvalue weighted by atomic mass is 16.5. The van der Waals surface area contributed by atoms with Crippen LogP contribution in [0.5, 0.6) is 5.75 Å². The molecule has 5 heteroatoms. The van der Waals surface area contributed by atoms with E-state index in [1.807, 2.05) is 12.1 Å². The molecule has 3 aromatic rings. The van der Waals surface area contributed by atoms with Crippen molar-refractivity contribution in [3.63, 3.8) is 0 Å². The third-order valence-corrected chi connectivity index (χ3v) is 5.31. The van der Waals surface area contributed by atoms with Gasteiger partial charge >= 0.3 is 0 Å². The Kier molecular flexibility index (Phi) is 5.43. The maximum atomic E-state index is 10.8. The predicted octanol–water partition coefficient (Wildman–Crippen LogP) is 1.59. The standard InChI is InChI=1S/C22H26N2O3/c1-26-20-8-6-17(7-9-20)22-14-18-4-2-3-5-21(18)24(22)16-19(25)15-23-10-12-27-13-11-23/h2-9,14,19,25H,10-13,15-16H2,1H3/p+1/t19-/m0/s1. The molecule has 2 N–H and O–H groups in total. The number of benzene rings is 2. The Morgan fingerprint density at radius 1 is 1.11 bits per heavy atom. The maximum Gasteiger partial charge on any atom is 0.121 e. The number of hydrogen-bond acceptors (Lipinski definition) is 3. The van der Waals surface area contributed by atoms with E-state index >= 15 is 0 Å². The monoisotopic (exact) mass is 367 g/mol. The molecule has 0 radical (unpaired) electrons. The number of aliphatic hydroxyl groups is 1. The average Bonchev–Trinajstić information content (AvgIpc) is 3.07. The molecule has 1 aliphatic rings. The largest absolute Gasteiger partial charge is 0.497 e. The van der Waals surface area contributed by atoms with Crippen molar-refractivity contribution in [3.05, 3.63) is 54.6 Å². The Morgan fingerprint density at radius 3 is 2.59 bits per heavy atom. The lowest BCUT2D eigenvalue weighted by Gasteiger charge is -2.26. The van der Waals surface area contributed by atoms with Gasteiger partial charge in [-0.3, -0.25) is 0 Å². The summed E-state index contributed by atoms with van der Waals surface area (Å²) in [6, 6.07) is 18.7. The molecule has 2 heterocycles. The number of nitrogens with one attached hydrogen (secondary N) is 1. The molecule has 1 saturated heterocycles. The first-order valence-corrected chi connectivity index (χ1v) is 9.56. The van der Waals surface area contributed by atoms with Gasteiger partial charge in [-0.25, -0.2) is 0 Å². The minimum absolute atomic E-state index is 0.397. The summed E-state index contributed by atoms with van der Waals surface area (Å²) in [6.07, 6.45) is -0.397. The van der Waals surface area contributed by atoms with Gasteiger partial charge in [0, 0.05) is 16.6 Å². The minimum atomic E-state index is -0.397. The van der Waals surface area contributed by atoms with Crippen LogP contribution in [0, 0.1) is 0 Å². The summed E-state index contributed by atoms with van der Waals surface area (Å²) in [5.74, 6) is 0.845. The van der Waals surface area contributed by atoms with Crippen molar-refractivity contribution in [2.45, 2.75) is 12.6 Å². The van der Waals surface area contributed by atoms with Gasteiger partial charge in [-0.1, -0.05) is 18.2 Å². The van der Waals surface area contributed by atoms with Crippen LogP contribution in [0.15, 0.2) is 54.6 Å². The Bertz CT molecular complexity index is 882. The van der Waals surface area contributed by atoms with Crippen LogP contribution in [-0.4, -0.2) is 55.7 Å². The van der Waals surface area contributed by atoms with Crippen LogP contribution in [-0.2, 0) is 11.3 Å². The molecule has 0 aliphatic carbocycles. The van der Waals surface area contributed by atoms with E-state index in [1.54, 1.807) is 7.11 Å². The second kappa shape index (κ2) is 8.13. The fraction of sp³-hybridized carbons (Fsp3) is 0.364. The number of aliphatic hydroxyl groups excluding tert-OH is 1. The number of methoxy groups -OCH3 is 1. The van der Waals surface area contributed by atoms with E-state index in [9.17, 15) is 5.11 Å². The highest BCUT2D eigenvalue weighted by Gasteiger charge is 2.20. The van der Waals surface area contributed by atoms with Crippen LogP contribution in [0.4, 0.5) is 0 Å². The normalized spacial score (nSPS) is 16.5. The lowest BCUT2D eigenvalue weighted by Crippen LogP contribution is -3.15. The number of nitrogens with zero attached hydrogens (tertiary/aromatic N) is 1. The molecule has 27 heavy (non-hydrogen) atoms. The quantitative estimate of drug-likeness (QED) is 0.696. The first-order chi connectivity index (χ1) is 13.2. The SMILES string of the molecule is COc1ccc(-c2cc3ccccc3n2C[C@@H](O)C[NH+]2CCOCC2)cc1. The first-order valence-electron chi connectivity index (χ1n) is 9.56. The molecule has 1 aliphatic heterocycles. The van der Waals surface area contributed by atoms with E-state index < -0.39 is 6.10 Å². The molecule has 4 rings (SSSR count). The molecule has 1 fully saturated rings. The van der Waals surface area contributed by atoms with Gasteiger partial charge in [-0.2, -0.15) is 0 Å². The van der Waals surface area contributed by atoms with Crippen LogP contribution in [0.25, 0.3) is 22.2 Å². The van der Waals surface area contributed by atoms with Crippen LogP contribution >= 0.6 is 0 Å². The summed E-state index contributed by atoms with van der Waals surface area (Å²) < 4.78 is 12.9. The van der Waals surface area contributed by atoms with Crippen LogP contribution in [0.3, 0.4) is 0 Å². The summed E-state index contributed by atoms with van der Waals surface area (Å²) in [5, 5.41) is 12.0. The maximum absolute atomic E-state index is 10.8. The summed E-state index contributed by atoms with van der Waals surface area (Å²) in [6.45, 7) is 4.83. The van der Waals surface area contributed by atoms with Crippen molar-refractivity contribution in [2.24, 2.45) is 0 Å². The number of rotatable bonds is 6. The molecule has 2 aromatic carbocycles. The van der Waals surface area contributed by atoms with Crippen molar-refractivity contribution >= 4 is 10.9 Å². The molecular formula is C22H27N2O3+. The third-order valence-electron chi connectivity index (χ3n) is 5.31. The number of aromatic nitrogens is 1. The van der Waals surface area contributed by atoms with Crippen LogP contribution in [0.2, 0.25) is 0 Å². The Balaban J connectivity index is 1.63. The Hall–Kier alpha value is -2.34. The summed E-state index contributed by atoms with van der Waals surface area (Å²) in [7, 11) is 1.68. The predicted molar refractivity (Wildman–Crippen MR) is 106 cm³/mol. The molecule has 1 atom stereocenters. The number of para-hydroxylation sites is 1. The van der Waals surface area contributed by atoms with Crippen LogP contribution < -0.4 is 9.64 Å². The van der Waals surface area contributed by atoms with Crippen molar-refractivity contribution < 1.29 is 19.5 Å². The van der Waals surface area contributed by atoms with Crippen LogP contribution in [0.1, 0.15) is 0 Å². The van der Waals surface area contributed by atoms with Gasteiger partial charge in [-0.05, 0) is 42.0 Å². The van der Waals surface area contributed by atoms with Crippen molar-refractivity contribution in [1.29, 1.82) is 0 Å². The zero-order chi connectivity index (χ0) is 18.6. The lowest BCUT2D eigenvalue weighted by molar-refractivity contribution is -0.911. The lowest BCUT2D eigenvalue weighted by atomic mass is 10.1. The van der Waals surface area contributed by atoms with Crippen molar-refractivity contribution in [3.8, 4) is 17.0 Å². The van der Waals surface area contributed by atoms with Gasteiger partial charge in [0.2, 0.25) is 0 Å². The summed E-state index contributed by atoms with van der Waals surface area (Å²) in [4.78, 5) is 1.41. The molecule has 5 nitrogen and oxygen atoms in total. The van der Waals surface area contributed by atoms with E-state index in [-0.39, 0.29) is 0 Å². The number of hydrogen-bond donors (Lipinski definition) is 2. The Labute approximate surface area is 159 Å². The van der Waals surface area contributed by atoms with Gasteiger partial charge in [0.25, 0.3) is 0 Å². The number of morpholine rings is 1.